The molecule has 108 valence electrons. The fourth-order valence-electron chi connectivity index (χ4n) is 1.78. The number of aromatic nitrogens is 1. The van der Waals surface area contributed by atoms with Gasteiger partial charge in [-0.05, 0) is 23.3 Å². The van der Waals surface area contributed by atoms with E-state index >= 15 is 0 Å². The SMILES string of the molecule is C=C(/C=C/c1ccc(OC)cc1)c1ncc(OC)cc1O. The molecular formula is C17H17NO3. The average molecular weight is 283 g/mol. The summed E-state index contributed by atoms with van der Waals surface area (Å²) >= 11 is 0. The van der Waals surface area contributed by atoms with Gasteiger partial charge in [0.2, 0.25) is 0 Å². The van der Waals surface area contributed by atoms with Crippen LogP contribution in [0.15, 0.2) is 49.2 Å². The van der Waals surface area contributed by atoms with Crippen LogP contribution in [-0.4, -0.2) is 24.3 Å². The minimum absolute atomic E-state index is 0.0405. The summed E-state index contributed by atoms with van der Waals surface area (Å²) in [5.74, 6) is 1.35. The van der Waals surface area contributed by atoms with Crippen LogP contribution in [0.5, 0.6) is 17.2 Å². The van der Waals surface area contributed by atoms with Gasteiger partial charge in [-0.2, -0.15) is 0 Å². The predicted octanol–water partition coefficient (Wildman–Crippen LogP) is 3.53. The van der Waals surface area contributed by atoms with E-state index in [1.54, 1.807) is 19.4 Å². The molecule has 2 aromatic rings. The molecule has 4 nitrogen and oxygen atoms in total. The number of benzene rings is 1. The summed E-state index contributed by atoms with van der Waals surface area (Å²) in [5.41, 5.74) is 2.05. The fourth-order valence-corrected chi connectivity index (χ4v) is 1.78. The normalized spacial score (nSPS) is 10.6. The van der Waals surface area contributed by atoms with Crippen molar-refractivity contribution in [1.29, 1.82) is 0 Å². The van der Waals surface area contributed by atoms with Gasteiger partial charge >= 0.3 is 0 Å². The Morgan fingerprint density at radius 1 is 1.14 bits per heavy atom. The van der Waals surface area contributed by atoms with Crippen molar-refractivity contribution in [1.82, 2.24) is 4.98 Å². The molecule has 1 aromatic heterocycles. The summed E-state index contributed by atoms with van der Waals surface area (Å²) < 4.78 is 10.1. The lowest BCUT2D eigenvalue weighted by Gasteiger charge is -2.05. The van der Waals surface area contributed by atoms with E-state index in [9.17, 15) is 5.11 Å². The van der Waals surface area contributed by atoms with Gasteiger partial charge in [0.25, 0.3) is 0 Å². The number of methoxy groups -OCH3 is 2. The molecule has 2 rings (SSSR count). The molecule has 0 amide bonds. The molecule has 0 saturated heterocycles. The Labute approximate surface area is 124 Å². The fraction of sp³-hybridized carbons (Fsp3) is 0.118. The lowest BCUT2D eigenvalue weighted by atomic mass is 10.1. The smallest absolute Gasteiger partial charge is 0.145 e. The molecular weight excluding hydrogens is 266 g/mol. The van der Waals surface area contributed by atoms with Crippen molar-refractivity contribution in [2.24, 2.45) is 0 Å². The van der Waals surface area contributed by atoms with Gasteiger partial charge in [-0.3, -0.25) is 0 Å². The maximum atomic E-state index is 9.90. The van der Waals surface area contributed by atoms with Gasteiger partial charge in [0.05, 0.1) is 20.4 Å². The van der Waals surface area contributed by atoms with E-state index in [0.717, 1.165) is 11.3 Å². The summed E-state index contributed by atoms with van der Waals surface area (Å²) in [5, 5.41) is 9.90. The predicted molar refractivity (Wildman–Crippen MR) is 83.5 cm³/mol. The first-order valence-electron chi connectivity index (χ1n) is 6.38. The number of pyridine rings is 1. The van der Waals surface area contributed by atoms with Crippen molar-refractivity contribution in [3.63, 3.8) is 0 Å². The summed E-state index contributed by atoms with van der Waals surface area (Å²) in [7, 11) is 3.15. The Balaban J connectivity index is 2.14. The Kier molecular flexibility index (Phi) is 4.61. The zero-order valence-corrected chi connectivity index (χ0v) is 12.0. The van der Waals surface area contributed by atoms with Crippen molar-refractivity contribution in [3.8, 4) is 17.2 Å². The minimum Gasteiger partial charge on any atom is -0.506 e. The second-order valence-corrected chi connectivity index (χ2v) is 4.37. The van der Waals surface area contributed by atoms with Crippen LogP contribution < -0.4 is 9.47 Å². The molecule has 0 atom stereocenters. The lowest BCUT2D eigenvalue weighted by molar-refractivity contribution is 0.404. The number of allylic oxidation sites excluding steroid dienone is 2. The van der Waals surface area contributed by atoms with E-state index in [4.69, 9.17) is 9.47 Å². The molecule has 21 heavy (non-hydrogen) atoms. The van der Waals surface area contributed by atoms with Crippen molar-refractivity contribution in [2.45, 2.75) is 0 Å². The van der Waals surface area contributed by atoms with Crippen molar-refractivity contribution in [3.05, 3.63) is 60.4 Å². The quantitative estimate of drug-likeness (QED) is 0.853. The molecule has 0 aliphatic carbocycles. The molecule has 1 heterocycles. The Morgan fingerprint density at radius 3 is 2.38 bits per heavy atom. The van der Waals surface area contributed by atoms with E-state index in [1.807, 2.05) is 30.3 Å². The standard InChI is InChI=1S/C17H17NO3/c1-12(17-16(19)10-15(21-3)11-18-17)4-5-13-6-8-14(20-2)9-7-13/h4-11,19H,1H2,2-3H3/b5-4+. The molecule has 0 unspecified atom stereocenters. The molecule has 0 aliphatic rings. The van der Waals surface area contributed by atoms with Crippen LogP contribution in [0.1, 0.15) is 11.3 Å². The van der Waals surface area contributed by atoms with Gasteiger partial charge in [0, 0.05) is 6.07 Å². The molecule has 0 bridgehead atoms. The number of hydrogen-bond donors (Lipinski definition) is 1. The van der Waals surface area contributed by atoms with Gasteiger partial charge in [0.15, 0.2) is 0 Å². The number of aromatic hydroxyl groups is 1. The number of ether oxygens (including phenoxy) is 2. The zero-order valence-electron chi connectivity index (χ0n) is 12.0. The third kappa shape index (κ3) is 3.63. The molecule has 0 spiro atoms. The summed E-state index contributed by atoms with van der Waals surface area (Å²) in [4.78, 5) is 4.14. The van der Waals surface area contributed by atoms with Crippen LogP contribution in [0.4, 0.5) is 0 Å². The van der Waals surface area contributed by atoms with Gasteiger partial charge in [-0.1, -0.05) is 30.9 Å². The van der Waals surface area contributed by atoms with E-state index in [-0.39, 0.29) is 5.75 Å². The second kappa shape index (κ2) is 6.61. The van der Waals surface area contributed by atoms with Crippen molar-refractivity contribution in [2.75, 3.05) is 14.2 Å². The van der Waals surface area contributed by atoms with E-state index in [2.05, 4.69) is 11.6 Å². The molecule has 0 aliphatic heterocycles. The largest absolute Gasteiger partial charge is 0.506 e. The number of hydrogen-bond acceptors (Lipinski definition) is 4. The first-order valence-corrected chi connectivity index (χ1v) is 6.38. The molecule has 1 aromatic carbocycles. The van der Waals surface area contributed by atoms with E-state index < -0.39 is 0 Å². The van der Waals surface area contributed by atoms with Crippen LogP contribution in [-0.2, 0) is 0 Å². The zero-order chi connectivity index (χ0) is 15.2. The highest BCUT2D eigenvalue weighted by molar-refractivity contribution is 5.78. The highest BCUT2D eigenvalue weighted by Gasteiger charge is 2.06. The summed E-state index contributed by atoms with van der Waals surface area (Å²) in [6.45, 7) is 3.92. The van der Waals surface area contributed by atoms with Crippen molar-refractivity contribution < 1.29 is 14.6 Å². The van der Waals surface area contributed by atoms with Crippen LogP contribution in [0.25, 0.3) is 11.6 Å². The third-order valence-corrected chi connectivity index (χ3v) is 2.98. The first kappa shape index (κ1) is 14.7. The molecule has 4 heteroatoms. The monoisotopic (exact) mass is 283 g/mol. The highest BCUT2D eigenvalue weighted by atomic mass is 16.5. The van der Waals surface area contributed by atoms with Crippen LogP contribution in [0, 0.1) is 0 Å². The molecule has 0 radical (unpaired) electrons. The van der Waals surface area contributed by atoms with Gasteiger partial charge in [-0.15, -0.1) is 0 Å². The van der Waals surface area contributed by atoms with Gasteiger partial charge in [0.1, 0.15) is 22.9 Å². The Hall–Kier alpha value is -2.75. The Bertz CT molecular complexity index is 660. The number of nitrogens with zero attached hydrogens (tertiary/aromatic N) is 1. The minimum atomic E-state index is 0.0405. The van der Waals surface area contributed by atoms with Crippen LogP contribution in [0.3, 0.4) is 0 Å². The molecule has 1 N–H and O–H groups in total. The van der Waals surface area contributed by atoms with Gasteiger partial charge in [-0.25, -0.2) is 4.98 Å². The number of rotatable bonds is 5. The highest BCUT2D eigenvalue weighted by Crippen LogP contribution is 2.26. The van der Waals surface area contributed by atoms with Crippen LogP contribution >= 0.6 is 0 Å². The Morgan fingerprint density at radius 2 is 1.81 bits per heavy atom. The van der Waals surface area contributed by atoms with E-state index in [1.165, 1.54) is 13.2 Å². The summed E-state index contributed by atoms with van der Waals surface area (Å²) in [6.07, 6.45) is 5.24. The molecule has 0 fully saturated rings. The molecule has 0 saturated carbocycles. The third-order valence-electron chi connectivity index (χ3n) is 2.98. The average Bonchev–Trinajstić information content (AvgIpc) is 2.52. The van der Waals surface area contributed by atoms with Crippen LogP contribution in [0.2, 0.25) is 0 Å². The topological polar surface area (TPSA) is 51.6 Å². The maximum absolute atomic E-state index is 9.90. The maximum Gasteiger partial charge on any atom is 0.145 e. The van der Waals surface area contributed by atoms with Gasteiger partial charge < -0.3 is 14.6 Å². The lowest BCUT2D eigenvalue weighted by Crippen LogP contribution is -1.90. The first-order chi connectivity index (χ1) is 10.1. The summed E-state index contributed by atoms with van der Waals surface area (Å²) in [6, 6.07) is 9.14. The van der Waals surface area contributed by atoms with E-state index in [0.29, 0.717) is 17.0 Å². The second-order valence-electron chi connectivity index (χ2n) is 4.37. The van der Waals surface area contributed by atoms with Crippen molar-refractivity contribution >= 4 is 11.6 Å².